The summed E-state index contributed by atoms with van der Waals surface area (Å²) in [4.78, 5) is 0. The summed E-state index contributed by atoms with van der Waals surface area (Å²) in [6, 6.07) is 10.00. The van der Waals surface area contributed by atoms with Crippen molar-refractivity contribution < 1.29 is 4.74 Å². The van der Waals surface area contributed by atoms with Crippen molar-refractivity contribution in [2.24, 2.45) is 5.92 Å². The summed E-state index contributed by atoms with van der Waals surface area (Å²) in [5, 5.41) is 0. The number of benzene rings is 1. The molecular weight excluding hydrogens is 160 g/mol. The molecule has 0 aliphatic heterocycles. The van der Waals surface area contributed by atoms with Crippen molar-refractivity contribution in [2.75, 3.05) is 6.61 Å². The second kappa shape index (κ2) is 5.63. The SMILES string of the molecule is CCCC(C)COc1ccccc1. The Morgan fingerprint density at radius 1 is 1.23 bits per heavy atom. The minimum absolute atomic E-state index is 0.658. The summed E-state index contributed by atoms with van der Waals surface area (Å²) >= 11 is 0. The molecule has 0 radical (unpaired) electrons. The van der Waals surface area contributed by atoms with E-state index < -0.39 is 0 Å². The first-order valence-electron chi connectivity index (χ1n) is 5.00. The van der Waals surface area contributed by atoms with Crippen molar-refractivity contribution in [3.8, 4) is 5.75 Å². The van der Waals surface area contributed by atoms with E-state index in [1.54, 1.807) is 0 Å². The van der Waals surface area contributed by atoms with Crippen LogP contribution in [0.1, 0.15) is 26.7 Å². The minimum Gasteiger partial charge on any atom is -0.493 e. The average Bonchev–Trinajstić information content (AvgIpc) is 2.17. The molecule has 1 nitrogen and oxygen atoms in total. The van der Waals surface area contributed by atoms with E-state index in [0.717, 1.165) is 12.4 Å². The van der Waals surface area contributed by atoms with Crippen LogP contribution in [0.4, 0.5) is 0 Å². The lowest BCUT2D eigenvalue weighted by Gasteiger charge is -2.11. The first-order valence-corrected chi connectivity index (χ1v) is 5.00. The summed E-state index contributed by atoms with van der Waals surface area (Å²) in [6.07, 6.45) is 2.48. The summed E-state index contributed by atoms with van der Waals surface area (Å²) in [5.74, 6) is 1.63. The number of ether oxygens (including phenoxy) is 1. The van der Waals surface area contributed by atoms with Crippen molar-refractivity contribution in [1.29, 1.82) is 0 Å². The van der Waals surface area contributed by atoms with Crippen LogP contribution in [0.25, 0.3) is 0 Å². The predicted octanol–water partition coefficient (Wildman–Crippen LogP) is 3.50. The molecule has 0 heterocycles. The van der Waals surface area contributed by atoms with Crippen molar-refractivity contribution >= 4 is 0 Å². The fraction of sp³-hybridized carbons (Fsp3) is 0.500. The lowest BCUT2D eigenvalue weighted by atomic mass is 10.1. The maximum atomic E-state index is 5.62. The molecule has 0 N–H and O–H groups in total. The Labute approximate surface area is 80.7 Å². The third-order valence-electron chi connectivity index (χ3n) is 2.06. The smallest absolute Gasteiger partial charge is 0.119 e. The third kappa shape index (κ3) is 3.97. The van der Waals surface area contributed by atoms with Crippen molar-refractivity contribution in [2.45, 2.75) is 26.7 Å². The molecule has 1 heteroatoms. The van der Waals surface area contributed by atoms with Gasteiger partial charge in [-0.3, -0.25) is 0 Å². The maximum Gasteiger partial charge on any atom is 0.119 e. The molecule has 1 aromatic rings. The van der Waals surface area contributed by atoms with Gasteiger partial charge in [-0.2, -0.15) is 0 Å². The molecule has 0 saturated carbocycles. The highest BCUT2D eigenvalue weighted by Crippen LogP contribution is 2.11. The minimum atomic E-state index is 0.658. The highest BCUT2D eigenvalue weighted by Gasteiger charge is 2.00. The third-order valence-corrected chi connectivity index (χ3v) is 2.06. The second-order valence-electron chi connectivity index (χ2n) is 3.52. The van der Waals surface area contributed by atoms with E-state index in [9.17, 15) is 0 Å². The van der Waals surface area contributed by atoms with Gasteiger partial charge in [-0.15, -0.1) is 0 Å². The van der Waals surface area contributed by atoms with Gasteiger partial charge in [-0.05, 0) is 24.5 Å². The molecule has 1 rings (SSSR count). The van der Waals surface area contributed by atoms with Gasteiger partial charge in [0.25, 0.3) is 0 Å². The van der Waals surface area contributed by atoms with Gasteiger partial charge in [0.2, 0.25) is 0 Å². The topological polar surface area (TPSA) is 9.23 Å². The predicted molar refractivity (Wildman–Crippen MR) is 56.0 cm³/mol. The van der Waals surface area contributed by atoms with Crippen LogP contribution in [-0.2, 0) is 0 Å². The van der Waals surface area contributed by atoms with Crippen LogP contribution >= 0.6 is 0 Å². The lowest BCUT2D eigenvalue weighted by molar-refractivity contribution is 0.251. The maximum absolute atomic E-state index is 5.62. The molecule has 0 aliphatic rings. The molecular formula is C12H18O. The molecule has 0 aliphatic carbocycles. The van der Waals surface area contributed by atoms with E-state index in [2.05, 4.69) is 13.8 Å². The Balaban J connectivity index is 2.27. The molecule has 1 aromatic carbocycles. The fourth-order valence-electron chi connectivity index (χ4n) is 1.33. The largest absolute Gasteiger partial charge is 0.493 e. The zero-order valence-electron chi connectivity index (χ0n) is 8.49. The molecule has 1 unspecified atom stereocenters. The second-order valence-corrected chi connectivity index (χ2v) is 3.52. The van der Waals surface area contributed by atoms with Gasteiger partial charge in [0, 0.05) is 0 Å². The zero-order chi connectivity index (χ0) is 9.52. The normalized spacial score (nSPS) is 12.5. The lowest BCUT2D eigenvalue weighted by Crippen LogP contribution is -2.07. The first kappa shape index (κ1) is 10.1. The first-order chi connectivity index (χ1) is 6.33. The Morgan fingerprint density at radius 2 is 1.92 bits per heavy atom. The van der Waals surface area contributed by atoms with Crippen molar-refractivity contribution in [3.63, 3.8) is 0 Å². The van der Waals surface area contributed by atoms with E-state index in [0.29, 0.717) is 5.92 Å². The molecule has 0 amide bonds. The van der Waals surface area contributed by atoms with Crippen molar-refractivity contribution in [3.05, 3.63) is 30.3 Å². The monoisotopic (exact) mass is 178 g/mol. The molecule has 0 spiro atoms. The zero-order valence-corrected chi connectivity index (χ0v) is 8.49. The standard InChI is InChI=1S/C12H18O/c1-3-7-11(2)10-13-12-8-5-4-6-9-12/h4-6,8-9,11H,3,7,10H2,1-2H3. The number of hydrogen-bond acceptors (Lipinski definition) is 1. The Kier molecular flexibility index (Phi) is 4.37. The molecule has 0 saturated heterocycles. The molecule has 13 heavy (non-hydrogen) atoms. The Bertz CT molecular complexity index is 218. The van der Waals surface area contributed by atoms with Crippen LogP contribution in [-0.4, -0.2) is 6.61 Å². The summed E-state index contributed by atoms with van der Waals surface area (Å²) in [7, 11) is 0. The van der Waals surface area contributed by atoms with Gasteiger partial charge < -0.3 is 4.74 Å². The molecule has 0 aromatic heterocycles. The number of hydrogen-bond donors (Lipinski definition) is 0. The van der Waals surface area contributed by atoms with E-state index in [-0.39, 0.29) is 0 Å². The number of rotatable bonds is 5. The summed E-state index contributed by atoms with van der Waals surface area (Å²) in [6.45, 7) is 5.27. The van der Waals surface area contributed by atoms with Gasteiger partial charge in [0.05, 0.1) is 6.61 Å². The average molecular weight is 178 g/mol. The van der Waals surface area contributed by atoms with Gasteiger partial charge in [0.1, 0.15) is 5.75 Å². The van der Waals surface area contributed by atoms with Crippen LogP contribution < -0.4 is 4.74 Å². The van der Waals surface area contributed by atoms with Crippen LogP contribution in [0, 0.1) is 5.92 Å². The molecule has 0 fully saturated rings. The Morgan fingerprint density at radius 3 is 2.54 bits per heavy atom. The van der Waals surface area contributed by atoms with E-state index in [1.807, 2.05) is 30.3 Å². The number of para-hydroxylation sites is 1. The van der Waals surface area contributed by atoms with E-state index in [4.69, 9.17) is 4.74 Å². The van der Waals surface area contributed by atoms with Crippen LogP contribution in [0.2, 0.25) is 0 Å². The molecule has 1 atom stereocenters. The van der Waals surface area contributed by atoms with Gasteiger partial charge in [-0.25, -0.2) is 0 Å². The summed E-state index contributed by atoms with van der Waals surface area (Å²) < 4.78 is 5.62. The highest BCUT2D eigenvalue weighted by atomic mass is 16.5. The van der Waals surface area contributed by atoms with Crippen LogP contribution in [0.15, 0.2) is 30.3 Å². The highest BCUT2D eigenvalue weighted by molar-refractivity contribution is 5.20. The quantitative estimate of drug-likeness (QED) is 0.670. The molecule has 0 bridgehead atoms. The van der Waals surface area contributed by atoms with Crippen molar-refractivity contribution in [1.82, 2.24) is 0 Å². The summed E-state index contributed by atoms with van der Waals surface area (Å²) in [5.41, 5.74) is 0. The van der Waals surface area contributed by atoms with Gasteiger partial charge >= 0.3 is 0 Å². The fourth-order valence-corrected chi connectivity index (χ4v) is 1.33. The van der Waals surface area contributed by atoms with Gasteiger partial charge in [-0.1, -0.05) is 38.5 Å². The Hall–Kier alpha value is -0.980. The molecule has 72 valence electrons. The van der Waals surface area contributed by atoms with E-state index >= 15 is 0 Å². The van der Waals surface area contributed by atoms with Crippen LogP contribution in [0.3, 0.4) is 0 Å². The van der Waals surface area contributed by atoms with Gasteiger partial charge in [0.15, 0.2) is 0 Å². The van der Waals surface area contributed by atoms with Crippen LogP contribution in [0.5, 0.6) is 5.75 Å². The van der Waals surface area contributed by atoms with E-state index in [1.165, 1.54) is 12.8 Å².